The van der Waals surface area contributed by atoms with E-state index in [1.54, 1.807) is 6.20 Å². The molecule has 2 saturated heterocycles. The van der Waals surface area contributed by atoms with Gasteiger partial charge in [-0.05, 0) is 58.6 Å². The summed E-state index contributed by atoms with van der Waals surface area (Å²) < 4.78 is 6.26. The molecule has 1 N–H and O–H groups in total. The normalized spacial score (nSPS) is 23.4. The smallest absolute Gasteiger partial charge is 0.266 e. The molecule has 1 atom stereocenters. The van der Waals surface area contributed by atoms with Crippen LogP contribution >= 0.6 is 0 Å². The Bertz CT molecular complexity index is 584. The van der Waals surface area contributed by atoms with Gasteiger partial charge in [0.05, 0.1) is 6.20 Å². The van der Waals surface area contributed by atoms with Gasteiger partial charge in [0.25, 0.3) is 5.91 Å². The van der Waals surface area contributed by atoms with Crippen molar-refractivity contribution in [2.45, 2.75) is 44.2 Å². The Labute approximate surface area is 150 Å². The molecule has 1 aromatic rings. The average Bonchev–Trinajstić information content (AvgIpc) is 3.02. The summed E-state index contributed by atoms with van der Waals surface area (Å²) in [5, 5.41) is 3.33. The van der Waals surface area contributed by atoms with Crippen LogP contribution in [0.15, 0.2) is 18.3 Å². The number of hydrogen-bond acceptors (Lipinski definition) is 5. The van der Waals surface area contributed by atoms with Crippen LogP contribution in [0.4, 0.5) is 0 Å². The van der Waals surface area contributed by atoms with Crippen molar-refractivity contribution in [3.63, 3.8) is 0 Å². The summed E-state index contributed by atoms with van der Waals surface area (Å²) in [4.78, 5) is 21.8. The maximum Gasteiger partial charge on any atom is 0.266 e. The summed E-state index contributed by atoms with van der Waals surface area (Å²) in [7, 11) is 4.06. The molecule has 0 spiro atoms. The number of rotatable bonds is 5. The van der Waals surface area contributed by atoms with Crippen LogP contribution in [0.1, 0.15) is 31.4 Å². The minimum absolute atomic E-state index is 0.0925. The first kappa shape index (κ1) is 18.1. The number of amides is 1. The van der Waals surface area contributed by atoms with E-state index in [1.165, 1.54) is 6.42 Å². The number of pyridine rings is 1. The maximum absolute atomic E-state index is 13.3. The van der Waals surface area contributed by atoms with Crippen molar-refractivity contribution in [2.24, 2.45) is 0 Å². The zero-order valence-corrected chi connectivity index (χ0v) is 15.6. The third-order valence-corrected chi connectivity index (χ3v) is 5.50. The number of likely N-dealkylation sites (N-methyl/N-ethyl adjacent to an activating group) is 2. The summed E-state index contributed by atoms with van der Waals surface area (Å²) in [6, 6.07) is 4.28. The summed E-state index contributed by atoms with van der Waals surface area (Å²) in [6.07, 6.45) is 5.46. The molecule has 0 bridgehead atoms. The first-order valence-corrected chi connectivity index (χ1v) is 9.28. The van der Waals surface area contributed by atoms with E-state index in [1.807, 2.05) is 31.0 Å². The maximum atomic E-state index is 13.3. The first-order valence-electron chi connectivity index (χ1n) is 9.28. The Kier molecular flexibility index (Phi) is 5.59. The SMILES string of the molecule is Cc1ccc(OC2(C(=O)N(C)CC3CCCN3C)CCNCC2)cn1. The van der Waals surface area contributed by atoms with Crippen molar-refractivity contribution in [1.29, 1.82) is 0 Å². The van der Waals surface area contributed by atoms with Crippen LogP contribution in [0.25, 0.3) is 0 Å². The monoisotopic (exact) mass is 346 g/mol. The zero-order valence-electron chi connectivity index (χ0n) is 15.6. The average molecular weight is 346 g/mol. The Morgan fingerprint density at radius 2 is 2.20 bits per heavy atom. The third kappa shape index (κ3) is 4.12. The lowest BCUT2D eigenvalue weighted by molar-refractivity contribution is -0.150. The lowest BCUT2D eigenvalue weighted by Gasteiger charge is -2.40. The van der Waals surface area contributed by atoms with Gasteiger partial charge >= 0.3 is 0 Å². The highest BCUT2D eigenvalue weighted by atomic mass is 16.5. The third-order valence-electron chi connectivity index (χ3n) is 5.50. The van der Waals surface area contributed by atoms with Gasteiger partial charge in [-0.2, -0.15) is 0 Å². The van der Waals surface area contributed by atoms with Crippen molar-refractivity contribution in [3.8, 4) is 5.75 Å². The number of aromatic nitrogens is 1. The van der Waals surface area contributed by atoms with Crippen LogP contribution in [0.5, 0.6) is 5.75 Å². The highest BCUT2D eigenvalue weighted by molar-refractivity contribution is 5.85. The number of ether oxygens (including phenoxy) is 1. The molecule has 6 nitrogen and oxygen atoms in total. The molecule has 3 rings (SSSR count). The van der Waals surface area contributed by atoms with Gasteiger partial charge in [0.1, 0.15) is 5.75 Å². The molecule has 3 heterocycles. The summed E-state index contributed by atoms with van der Waals surface area (Å²) in [5.41, 5.74) is 0.160. The first-order chi connectivity index (χ1) is 12.0. The lowest BCUT2D eigenvalue weighted by Crippen LogP contribution is -2.58. The van der Waals surface area contributed by atoms with E-state index < -0.39 is 5.60 Å². The van der Waals surface area contributed by atoms with Gasteiger partial charge in [0, 0.05) is 38.2 Å². The Balaban J connectivity index is 1.74. The molecule has 1 aromatic heterocycles. The van der Waals surface area contributed by atoms with Crippen LogP contribution in [-0.4, -0.2) is 72.6 Å². The van der Waals surface area contributed by atoms with Gasteiger partial charge < -0.3 is 19.9 Å². The quantitative estimate of drug-likeness (QED) is 0.874. The van der Waals surface area contributed by atoms with Crippen molar-refractivity contribution in [2.75, 3.05) is 40.3 Å². The fourth-order valence-corrected chi connectivity index (χ4v) is 3.89. The van der Waals surface area contributed by atoms with Crippen molar-refractivity contribution in [1.82, 2.24) is 20.1 Å². The molecule has 2 fully saturated rings. The Morgan fingerprint density at radius 1 is 1.44 bits per heavy atom. The summed E-state index contributed by atoms with van der Waals surface area (Å²) >= 11 is 0. The van der Waals surface area contributed by atoms with Gasteiger partial charge in [-0.3, -0.25) is 9.78 Å². The molecular weight excluding hydrogens is 316 g/mol. The molecule has 138 valence electrons. The fourth-order valence-electron chi connectivity index (χ4n) is 3.89. The number of hydrogen-bond donors (Lipinski definition) is 1. The molecule has 6 heteroatoms. The number of likely N-dealkylation sites (tertiary alicyclic amines) is 1. The number of aryl methyl sites for hydroxylation is 1. The van der Waals surface area contributed by atoms with Crippen molar-refractivity contribution in [3.05, 3.63) is 24.0 Å². The van der Waals surface area contributed by atoms with E-state index >= 15 is 0 Å². The second-order valence-electron chi connectivity index (χ2n) is 7.44. The van der Waals surface area contributed by atoms with E-state index in [9.17, 15) is 4.79 Å². The lowest BCUT2D eigenvalue weighted by atomic mass is 9.90. The van der Waals surface area contributed by atoms with Gasteiger partial charge in [0.15, 0.2) is 5.60 Å². The van der Waals surface area contributed by atoms with Crippen LogP contribution in [0.2, 0.25) is 0 Å². The topological polar surface area (TPSA) is 57.7 Å². The molecule has 1 amide bonds. The minimum atomic E-state index is -0.784. The number of carbonyl (C=O) groups is 1. The fraction of sp³-hybridized carbons (Fsp3) is 0.684. The molecule has 1 unspecified atom stereocenters. The predicted octanol–water partition coefficient (Wildman–Crippen LogP) is 1.44. The van der Waals surface area contributed by atoms with Crippen LogP contribution in [0.3, 0.4) is 0 Å². The molecule has 0 radical (unpaired) electrons. The van der Waals surface area contributed by atoms with Crippen molar-refractivity contribution >= 4 is 5.91 Å². The molecule has 25 heavy (non-hydrogen) atoms. The van der Waals surface area contributed by atoms with E-state index in [0.29, 0.717) is 24.6 Å². The van der Waals surface area contributed by atoms with E-state index in [4.69, 9.17) is 4.74 Å². The van der Waals surface area contributed by atoms with Crippen LogP contribution in [-0.2, 0) is 4.79 Å². The summed E-state index contributed by atoms with van der Waals surface area (Å²) in [5.74, 6) is 0.766. The van der Waals surface area contributed by atoms with E-state index in [0.717, 1.165) is 38.3 Å². The molecule has 0 saturated carbocycles. The number of piperidine rings is 1. The molecule has 0 aliphatic carbocycles. The van der Waals surface area contributed by atoms with E-state index in [2.05, 4.69) is 22.2 Å². The molecule has 0 aromatic carbocycles. The van der Waals surface area contributed by atoms with Gasteiger partial charge in [-0.1, -0.05) is 0 Å². The van der Waals surface area contributed by atoms with Crippen LogP contribution < -0.4 is 10.1 Å². The Morgan fingerprint density at radius 3 is 2.80 bits per heavy atom. The van der Waals surface area contributed by atoms with E-state index in [-0.39, 0.29) is 5.91 Å². The van der Waals surface area contributed by atoms with Crippen LogP contribution in [0, 0.1) is 6.92 Å². The van der Waals surface area contributed by atoms with Gasteiger partial charge in [-0.15, -0.1) is 0 Å². The van der Waals surface area contributed by atoms with Crippen molar-refractivity contribution < 1.29 is 9.53 Å². The second kappa shape index (κ2) is 7.70. The highest BCUT2D eigenvalue weighted by Crippen LogP contribution is 2.29. The van der Waals surface area contributed by atoms with Gasteiger partial charge in [-0.25, -0.2) is 0 Å². The number of nitrogens with one attached hydrogen (secondary N) is 1. The highest BCUT2D eigenvalue weighted by Gasteiger charge is 2.44. The zero-order chi connectivity index (χ0) is 17.9. The second-order valence-corrected chi connectivity index (χ2v) is 7.44. The Hall–Kier alpha value is -1.66. The number of carbonyl (C=O) groups excluding carboxylic acids is 1. The standard InChI is InChI=1S/C19H30N4O2/c1-15-6-7-17(13-21-15)25-19(8-10-20-11-9-19)18(24)23(3)14-16-5-4-12-22(16)2/h6-7,13,16,20H,4-5,8-12,14H2,1-3H3. The largest absolute Gasteiger partial charge is 0.476 e. The molecule has 2 aliphatic rings. The molecular formula is C19H30N4O2. The number of nitrogens with zero attached hydrogens (tertiary/aromatic N) is 3. The molecule has 2 aliphatic heterocycles. The van der Waals surface area contributed by atoms with Gasteiger partial charge in [0.2, 0.25) is 0 Å². The summed E-state index contributed by atoms with van der Waals surface area (Å²) in [6.45, 7) is 5.42. The minimum Gasteiger partial charge on any atom is -0.476 e. The predicted molar refractivity (Wildman–Crippen MR) is 97.7 cm³/mol.